The van der Waals surface area contributed by atoms with Crippen LogP contribution in [0.1, 0.15) is 43.6 Å². The van der Waals surface area contributed by atoms with Crippen LogP contribution in [0.15, 0.2) is 103 Å². The number of para-hydroxylation sites is 3. The SMILES string of the molecule is c1ccc(OB2c3ccccc3N(c3cccc(C4CCCCC4)c3)c3ccccc32)cc1. The number of benzene rings is 4. The van der Waals surface area contributed by atoms with E-state index in [0.717, 1.165) is 5.75 Å². The molecule has 1 heterocycles. The molecule has 33 heavy (non-hydrogen) atoms. The van der Waals surface area contributed by atoms with Crippen molar-refractivity contribution in [2.75, 3.05) is 4.90 Å². The van der Waals surface area contributed by atoms with E-state index in [1.165, 1.54) is 65.7 Å². The van der Waals surface area contributed by atoms with Gasteiger partial charge in [0.15, 0.2) is 0 Å². The van der Waals surface area contributed by atoms with Gasteiger partial charge in [-0.3, -0.25) is 0 Å². The highest BCUT2D eigenvalue weighted by Gasteiger charge is 2.37. The molecule has 1 saturated carbocycles. The molecule has 0 radical (unpaired) electrons. The topological polar surface area (TPSA) is 12.5 Å². The molecule has 0 unspecified atom stereocenters. The van der Waals surface area contributed by atoms with Gasteiger partial charge in [-0.05, 0) is 71.6 Å². The fourth-order valence-electron chi connectivity index (χ4n) is 5.52. The first kappa shape index (κ1) is 20.2. The number of hydrogen-bond donors (Lipinski definition) is 0. The van der Waals surface area contributed by atoms with Gasteiger partial charge in [0.2, 0.25) is 0 Å². The Morgan fingerprint density at radius 2 is 1.27 bits per heavy atom. The molecule has 0 amide bonds. The van der Waals surface area contributed by atoms with E-state index in [-0.39, 0.29) is 6.92 Å². The van der Waals surface area contributed by atoms with Crippen LogP contribution in [0, 0.1) is 0 Å². The van der Waals surface area contributed by atoms with Crippen LogP contribution in [0.3, 0.4) is 0 Å². The normalized spacial score (nSPS) is 15.6. The summed E-state index contributed by atoms with van der Waals surface area (Å²) in [5.74, 6) is 1.57. The number of fused-ring (bicyclic) bond motifs is 2. The lowest BCUT2D eigenvalue weighted by molar-refractivity contribution is 0.443. The average Bonchev–Trinajstić information content (AvgIpc) is 2.90. The molecule has 3 heteroatoms. The van der Waals surface area contributed by atoms with Gasteiger partial charge in [0, 0.05) is 17.1 Å². The molecule has 4 aromatic rings. The smallest absolute Gasteiger partial charge is 0.430 e. The monoisotopic (exact) mass is 429 g/mol. The standard InChI is InChI=1S/C30H28BNO/c1-3-12-23(13-4-1)24-14-11-15-25(22-24)32-29-20-9-7-18-27(29)31(28-19-8-10-21-30(28)32)33-26-16-5-2-6-17-26/h2,5-11,14-23H,1,3-4,12-13H2. The largest absolute Gasteiger partial charge is 0.551 e. The molecule has 0 spiro atoms. The van der Waals surface area contributed by atoms with Gasteiger partial charge in [-0.1, -0.05) is 86.0 Å². The Kier molecular flexibility index (Phi) is 5.39. The number of hydrogen-bond acceptors (Lipinski definition) is 2. The van der Waals surface area contributed by atoms with Crippen molar-refractivity contribution in [1.29, 1.82) is 0 Å². The van der Waals surface area contributed by atoms with Gasteiger partial charge in [-0.2, -0.15) is 0 Å². The maximum atomic E-state index is 6.58. The molecule has 1 fully saturated rings. The van der Waals surface area contributed by atoms with E-state index in [0.29, 0.717) is 5.92 Å². The Bertz CT molecular complexity index is 1200. The molecule has 1 aliphatic heterocycles. The number of rotatable bonds is 4. The molecule has 0 N–H and O–H groups in total. The Balaban J connectivity index is 1.46. The summed E-state index contributed by atoms with van der Waals surface area (Å²) in [6, 6.07) is 36.7. The molecular weight excluding hydrogens is 401 g/mol. The van der Waals surface area contributed by atoms with Gasteiger partial charge in [-0.15, -0.1) is 0 Å². The number of anilines is 3. The Hall–Kier alpha value is -3.46. The average molecular weight is 429 g/mol. The zero-order chi connectivity index (χ0) is 22.0. The third-order valence-corrected chi connectivity index (χ3v) is 7.12. The van der Waals surface area contributed by atoms with Crippen LogP contribution >= 0.6 is 0 Å². The quantitative estimate of drug-likeness (QED) is 0.335. The van der Waals surface area contributed by atoms with Crippen molar-refractivity contribution in [1.82, 2.24) is 0 Å². The molecule has 6 rings (SSSR count). The molecular formula is C30H28BNO. The molecule has 2 nitrogen and oxygen atoms in total. The Morgan fingerprint density at radius 3 is 1.97 bits per heavy atom. The first-order valence-corrected chi connectivity index (χ1v) is 12.2. The van der Waals surface area contributed by atoms with Crippen molar-refractivity contribution in [3.05, 3.63) is 109 Å². The first-order valence-electron chi connectivity index (χ1n) is 12.2. The molecule has 0 saturated heterocycles. The van der Waals surface area contributed by atoms with E-state index in [1.54, 1.807) is 0 Å². The van der Waals surface area contributed by atoms with Crippen LogP contribution in [0.2, 0.25) is 0 Å². The lowest BCUT2D eigenvalue weighted by atomic mass is 9.52. The lowest BCUT2D eigenvalue weighted by Crippen LogP contribution is -2.53. The lowest BCUT2D eigenvalue weighted by Gasteiger charge is -2.36. The molecule has 0 aromatic heterocycles. The van der Waals surface area contributed by atoms with Crippen LogP contribution in [0.5, 0.6) is 5.75 Å². The summed E-state index contributed by atoms with van der Waals surface area (Å²) in [4.78, 5) is 2.42. The summed E-state index contributed by atoms with van der Waals surface area (Å²) >= 11 is 0. The van der Waals surface area contributed by atoms with E-state index >= 15 is 0 Å². The molecule has 1 aliphatic carbocycles. The van der Waals surface area contributed by atoms with E-state index in [4.69, 9.17) is 4.65 Å². The van der Waals surface area contributed by atoms with E-state index in [2.05, 4.69) is 77.7 Å². The summed E-state index contributed by atoms with van der Waals surface area (Å²) in [7, 11) is 0. The van der Waals surface area contributed by atoms with Crippen LogP contribution in [0.4, 0.5) is 17.1 Å². The summed E-state index contributed by atoms with van der Waals surface area (Å²) in [5, 5.41) is 0. The molecule has 0 atom stereocenters. The molecule has 162 valence electrons. The highest BCUT2D eigenvalue weighted by atomic mass is 16.4. The minimum absolute atomic E-state index is 0.141. The van der Waals surface area contributed by atoms with Gasteiger partial charge in [0.05, 0.1) is 5.75 Å². The molecule has 2 aliphatic rings. The van der Waals surface area contributed by atoms with Gasteiger partial charge >= 0.3 is 6.92 Å². The predicted molar refractivity (Wildman–Crippen MR) is 139 cm³/mol. The summed E-state index contributed by atoms with van der Waals surface area (Å²) < 4.78 is 6.58. The van der Waals surface area contributed by atoms with E-state index in [9.17, 15) is 0 Å². The van der Waals surface area contributed by atoms with Crippen LogP contribution in [-0.2, 0) is 0 Å². The summed E-state index contributed by atoms with van der Waals surface area (Å²) in [5.41, 5.74) is 7.49. The van der Waals surface area contributed by atoms with Crippen LogP contribution in [-0.4, -0.2) is 6.92 Å². The van der Waals surface area contributed by atoms with Gasteiger partial charge in [0.25, 0.3) is 0 Å². The third-order valence-electron chi connectivity index (χ3n) is 7.12. The predicted octanol–water partition coefficient (Wildman–Crippen LogP) is 6.70. The van der Waals surface area contributed by atoms with Crippen molar-refractivity contribution >= 4 is 34.9 Å². The fourth-order valence-corrected chi connectivity index (χ4v) is 5.52. The maximum Gasteiger partial charge on any atom is 0.430 e. The minimum Gasteiger partial charge on any atom is -0.551 e. The van der Waals surface area contributed by atoms with Crippen molar-refractivity contribution < 1.29 is 4.65 Å². The van der Waals surface area contributed by atoms with Gasteiger partial charge in [-0.25, -0.2) is 0 Å². The Morgan fingerprint density at radius 1 is 0.636 bits per heavy atom. The zero-order valence-corrected chi connectivity index (χ0v) is 18.9. The summed E-state index contributed by atoms with van der Waals surface area (Å²) in [6.45, 7) is -0.141. The second-order valence-corrected chi connectivity index (χ2v) is 9.19. The third kappa shape index (κ3) is 3.82. The maximum absolute atomic E-state index is 6.58. The Labute approximate surface area is 197 Å². The second-order valence-electron chi connectivity index (χ2n) is 9.19. The van der Waals surface area contributed by atoms with Crippen LogP contribution < -0.4 is 20.5 Å². The van der Waals surface area contributed by atoms with Crippen molar-refractivity contribution in [2.24, 2.45) is 0 Å². The highest BCUT2D eigenvalue weighted by molar-refractivity contribution is 6.84. The minimum atomic E-state index is -0.141. The fraction of sp³-hybridized carbons (Fsp3) is 0.200. The zero-order valence-electron chi connectivity index (χ0n) is 18.9. The second kappa shape index (κ2) is 8.82. The van der Waals surface area contributed by atoms with Crippen molar-refractivity contribution in [2.45, 2.75) is 38.0 Å². The van der Waals surface area contributed by atoms with E-state index < -0.39 is 0 Å². The van der Waals surface area contributed by atoms with Gasteiger partial charge < -0.3 is 9.55 Å². The van der Waals surface area contributed by atoms with E-state index in [1.807, 2.05) is 30.3 Å². The molecule has 4 aromatic carbocycles. The summed E-state index contributed by atoms with van der Waals surface area (Å²) in [6.07, 6.45) is 6.70. The van der Waals surface area contributed by atoms with Crippen LogP contribution in [0.25, 0.3) is 0 Å². The van der Waals surface area contributed by atoms with Crippen molar-refractivity contribution in [3.63, 3.8) is 0 Å². The first-order chi connectivity index (χ1) is 16.4. The highest BCUT2D eigenvalue weighted by Crippen LogP contribution is 2.39. The number of nitrogens with zero attached hydrogens (tertiary/aromatic N) is 1. The van der Waals surface area contributed by atoms with Gasteiger partial charge in [0.1, 0.15) is 0 Å². The molecule has 0 bridgehead atoms. The van der Waals surface area contributed by atoms with Crippen molar-refractivity contribution in [3.8, 4) is 5.75 Å².